The van der Waals surface area contributed by atoms with Crippen molar-refractivity contribution in [2.45, 2.75) is 83.7 Å². The molecule has 0 bridgehead atoms. The highest BCUT2D eigenvalue weighted by Crippen LogP contribution is 2.68. The van der Waals surface area contributed by atoms with Gasteiger partial charge in [0.15, 0.2) is 5.78 Å². The van der Waals surface area contributed by atoms with E-state index in [2.05, 4.69) is 19.2 Å². The maximum absolute atomic E-state index is 12.9. The monoisotopic (exact) mass is 405 g/mol. The van der Waals surface area contributed by atoms with Crippen LogP contribution in [0.4, 0.5) is 0 Å². The topological polar surface area (TPSA) is 95.9 Å². The molecule has 5 fully saturated rings. The highest BCUT2D eigenvalue weighted by molar-refractivity contribution is 5.89. The van der Waals surface area contributed by atoms with Gasteiger partial charge in [0.2, 0.25) is 5.91 Å². The van der Waals surface area contributed by atoms with Crippen molar-refractivity contribution in [3.05, 3.63) is 0 Å². The number of rotatable bonds is 0. The Morgan fingerprint density at radius 2 is 1.79 bits per heavy atom. The van der Waals surface area contributed by atoms with Crippen molar-refractivity contribution in [2.24, 2.45) is 40.4 Å². The second-order valence-corrected chi connectivity index (χ2v) is 11.4. The van der Waals surface area contributed by atoms with Gasteiger partial charge in [-0.2, -0.15) is 0 Å². The second-order valence-electron chi connectivity index (χ2n) is 11.4. The van der Waals surface area contributed by atoms with Crippen molar-refractivity contribution < 1.29 is 24.5 Å². The maximum atomic E-state index is 12.9. The third kappa shape index (κ3) is 2.34. The molecule has 5 rings (SSSR count). The lowest BCUT2D eigenvalue weighted by atomic mass is 9.42. The van der Waals surface area contributed by atoms with Gasteiger partial charge in [-0.05, 0) is 31.6 Å². The Hall–Kier alpha value is -0.980. The molecule has 3 saturated carbocycles. The molecular formula is C23H35NO5. The molecule has 6 heteroatoms. The van der Waals surface area contributed by atoms with Crippen molar-refractivity contribution in [1.82, 2.24) is 5.32 Å². The predicted octanol–water partition coefficient (Wildman–Crippen LogP) is 1.67. The molecule has 0 aromatic rings. The molecule has 3 N–H and O–H groups in total. The van der Waals surface area contributed by atoms with E-state index in [0.29, 0.717) is 25.3 Å². The first-order valence-corrected chi connectivity index (χ1v) is 11.4. The molecule has 162 valence electrons. The van der Waals surface area contributed by atoms with E-state index in [1.807, 2.05) is 13.8 Å². The number of ether oxygens (including phenoxy) is 1. The minimum Gasteiger partial charge on any atom is -0.393 e. The summed E-state index contributed by atoms with van der Waals surface area (Å²) in [5.74, 6) is 0.225. The fourth-order valence-electron chi connectivity index (χ4n) is 8.17. The molecule has 6 nitrogen and oxygen atoms in total. The number of hydrogen-bond acceptors (Lipinski definition) is 5. The lowest BCUT2D eigenvalue weighted by Gasteiger charge is -2.69. The van der Waals surface area contributed by atoms with Crippen LogP contribution in [0.25, 0.3) is 0 Å². The summed E-state index contributed by atoms with van der Waals surface area (Å²) in [4.78, 5) is 25.3. The average molecular weight is 406 g/mol. The van der Waals surface area contributed by atoms with E-state index in [9.17, 15) is 19.8 Å². The Labute approximate surface area is 172 Å². The summed E-state index contributed by atoms with van der Waals surface area (Å²) in [7, 11) is 0. The average Bonchev–Trinajstić information content (AvgIpc) is 3.01. The lowest BCUT2D eigenvalue weighted by molar-refractivity contribution is -0.328. The van der Waals surface area contributed by atoms with Gasteiger partial charge in [-0.1, -0.05) is 27.7 Å². The van der Waals surface area contributed by atoms with Crippen LogP contribution in [0, 0.1) is 40.4 Å². The molecule has 5 aliphatic rings. The molecule has 2 aliphatic heterocycles. The normalized spacial score (nSPS) is 55.9. The predicted molar refractivity (Wildman–Crippen MR) is 106 cm³/mol. The molecule has 3 aliphatic carbocycles. The first-order chi connectivity index (χ1) is 13.5. The van der Waals surface area contributed by atoms with Gasteiger partial charge < -0.3 is 20.3 Å². The van der Waals surface area contributed by atoms with E-state index in [4.69, 9.17) is 4.74 Å². The third-order valence-corrected chi connectivity index (χ3v) is 10.0. The minimum absolute atomic E-state index is 0.00124. The third-order valence-electron chi connectivity index (χ3n) is 10.0. The summed E-state index contributed by atoms with van der Waals surface area (Å²) in [6, 6.07) is 0. The molecule has 2 saturated heterocycles. The molecule has 1 amide bonds. The van der Waals surface area contributed by atoms with E-state index < -0.39 is 23.2 Å². The molecule has 0 radical (unpaired) electrons. The van der Waals surface area contributed by atoms with Crippen molar-refractivity contribution in [1.29, 1.82) is 0 Å². The van der Waals surface area contributed by atoms with E-state index in [1.165, 1.54) is 0 Å². The number of aliphatic hydroxyl groups excluding tert-OH is 2. The number of carbonyl (C=O) groups is 2. The second kappa shape index (κ2) is 6.04. The van der Waals surface area contributed by atoms with Gasteiger partial charge in [-0.3, -0.25) is 9.59 Å². The van der Waals surface area contributed by atoms with Crippen LogP contribution in [0.15, 0.2) is 0 Å². The number of hydrogen-bond donors (Lipinski definition) is 3. The summed E-state index contributed by atoms with van der Waals surface area (Å²) in [5.41, 5.74) is -1.47. The largest absolute Gasteiger partial charge is 0.393 e. The Bertz CT molecular complexity index is 752. The van der Waals surface area contributed by atoms with E-state index in [-0.39, 0.29) is 46.9 Å². The van der Waals surface area contributed by atoms with Crippen LogP contribution in [-0.4, -0.2) is 52.4 Å². The zero-order valence-corrected chi connectivity index (χ0v) is 18.0. The van der Waals surface area contributed by atoms with Gasteiger partial charge in [-0.15, -0.1) is 0 Å². The van der Waals surface area contributed by atoms with Crippen LogP contribution in [0.1, 0.15) is 59.8 Å². The summed E-state index contributed by atoms with van der Waals surface area (Å²) in [5, 5.41) is 24.8. The van der Waals surface area contributed by atoms with Crippen LogP contribution in [0.5, 0.6) is 0 Å². The molecule has 10 atom stereocenters. The lowest BCUT2D eigenvalue weighted by Crippen LogP contribution is -2.74. The fraction of sp³-hybridized carbons (Fsp3) is 0.913. The number of fused-ring (bicyclic) bond motifs is 3. The van der Waals surface area contributed by atoms with Gasteiger partial charge in [0, 0.05) is 47.5 Å². The van der Waals surface area contributed by atoms with Crippen LogP contribution >= 0.6 is 0 Å². The fourth-order valence-corrected chi connectivity index (χ4v) is 8.17. The summed E-state index contributed by atoms with van der Waals surface area (Å²) in [6.07, 6.45) is 1.83. The zero-order valence-electron chi connectivity index (χ0n) is 18.0. The van der Waals surface area contributed by atoms with Crippen LogP contribution in [0.3, 0.4) is 0 Å². The van der Waals surface area contributed by atoms with Crippen molar-refractivity contribution in [3.8, 4) is 0 Å². The Morgan fingerprint density at radius 1 is 1.07 bits per heavy atom. The highest BCUT2D eigenvalue weighted by Gasteiger charge is 2.71. The number of Topliss-reactive ketones (excluding diaryl/α,β-unsaturated/α-hetero) is 1. The van der Waals surface area contributed by atoms with Gasteiger partial charge in [0.25, 0.3) is 0 Å². The Morgan fingerprint density at radius 3 is 2.52 bits per heavy atom. The van der Waals surface area contributed by atoms with E-state index >= 15 is 0 Å². The molecule has 10 unspecified atom stereocenters. The SMILES string of the molecule is CC1CCC2C(C)(C)C(=O)C(O)CC23OC2C(CC13C)C(O)CC1C(=O)NCC12. The number of amides is 1. The molecule has 29 heavy (non-hydrogen) atoms. The van der Waals surface area contributed by atoms with Crippen molar-refractivity contribution in [3.63, 3.8) is 0 Å². The Kier molecular flexibility index (Phi) is 4.16. The number of aliphatic hydroxyl groups is 2. The quantitative estimate of drug-likeness (QED) is 0.570. The summed E-state index contributed by atoms with van der Waals surface area (Å²) < 4.78 is 7.08. The summed E-state index contributed by atoms with van der Waals surface area (Å²) >= 11 is 0. The number of carbonyl (C=O) groups excluding carboxylic acids is 2. The van der Waals surface area contributed by atoms with Gasteiger partial charge in [0.1, 0.15) is 6.10 Å². The molecular weight excluding hydrogens is 370 g/mol. The number of nitrogens with one attached hydrogen (secondary N) is 1. The number of ketones is 1. The molecule has 2 heterocycles. The molecule has 0 aromatic carbocycles. The standard InChI is InChI=1S/C23H35NO5/c1-11-5-6-17-21(2,3)19(27)16(26)9-23(17)22(11,4)8-13-15(25)7-12-14(18(13)29-23)10-24-20(12)28/h11-18,25-26H,5-10H2,1-4H3,(H,24,28). The van der Waals surface area contributed by atoms with Crippen molar-refractivity contribution in [2.75, 3.05) is 6.54 Å². The first kappa shape index (κ1) is 20.0. The Balaban J connectivity index is 1.62. The first-order valence-electron chi connectivity index (χ1n) is 11.4. The van der Waals surface area contributed by atoms with E-state index in [1.54, 1.807) is 0 Å². The van der Waals surface area contributed by atoms with Gasteiger partial charge in [0.05, 0.1) is 17.8 Å². The van der Waals surface area contributed by atoms with Gasteiger partial charge in [-0.25, -0.2) is 0 Å². The molecule has 1 spiro atoms. The van der Waals surface area contributed by atoms with E-state index in [0.717, 1.165) is 19.3 Å². The zero-order chi connectivity index (χ0) is 20.9. The van der Waals surface area contributed by atoms with Gasteiger partial charge >= 0.3 is 0 Å². The van der Waals surface area contributed by atoms with Crippen molar-refractivity contribution >= 4 is 11.7 Å². The van der Waals surface area contributed by atoms with Crippen LogP contribution in [0.2, 0.25) is 0 Å². The molecule has 0 aromatic heterocycles. The van der Waals surface area contributed by atoms with Crippen LogP contribution in [-0.2, 0) is 14.3 Å². The minimum atomic E-state index is -1.02. The van der Waals surface area contributed by atoms with Crippen LogP contribution < -0.4 is 5.32 Å². The highest BCUT2D eigenvalue weighted by atomic mass is 16.5. The summed E-state index contributed by atoms with van der Waals surface area (Å²) in [6.45, 7) is 9.05. The smallest absolute Gasteiger partial charge is 0.223 e. The maximum Gasteiger partial charge on any atom is 0.223 e.